The maximum atomic E-state index is 11.0. The highest BCUT2D eigenvalue weighted by molar-refractivity contribution is 5.70. The molecule has 2 aromatic rings. The topological polar surface area (TPSA) is 65.4 Å². The van der Waals surface area contributed by atoms with Gasteiger partial charge in [-0.25, -0.2) is 4.79 Å². The van der Waals surface area contributed by atoms with E-state index in [0.717, 1.165) is 11.3 Å². The van der Waals surface area contributed by atoms with Crippen molar-refractivity contribution in [3.8, 4) is 5.75 Å². The second-order valence-corrected chi connectivity index (χ2v) is 4.70. The van der Waals surface area contributed by atoms with Crippen LogP contribution >= 0.6 is 0 Å². The van der Waals surface area contributed by atoms with E-state index in [-0.39, 0.29) is 12.6 Å². The minimum absolute atomic E-state index is 0.0879. The number of esters is 1. The minimum atomic E-state index is -0.401. The average Bonchev–Trinajstić information content (AvgIpc) is 2.93. The molecule has 6 heteroatoms. The van der Waals surface area contributed by atoms with E-state index in [1.807, 2.05) is 31.6 Å². The van der Waals surface area contributed by atoms with Gasteiger partial charge in [0, 0.05) is 24.5 Å². The summed E-state index contributed by atoms with van der Waals surface area (Å²) in [7, 11) is 3.22. The van der Waals surface area contributed by atoms with Crippen molar-refractivity contribution in [1.82, 2.24) is 9.78 Å². The highest BCUT2D eigenvalue weighted by atomic mass is 16.6. The predicted octanol–water partition coefficient (Wildman–Crippen LogP) is 2.14. The van der Waals surface area contributed by atoms with Crippen LogP contribution in [0.1, 0.15) is 18.5 Å². The van der Waals surface area contributed by atoms with E-state index >= 15 is 0 Å². The van der Waals surface area contributed by atoms with Crippen LogP contribution in [0.25, 0.3) is 0 Å². The van der Waals surface area contributed by atoms with E-state index in [1.165, 1.54) is 7.11 Å². The van der Waals surface area contributed by atoms with Crippen LogP contribution in [0.4, 0.5) is 5.69 Å². The van der Waals surface area contributed by atoms with E-state index in [0.29, 0.717) is 5.75 Å². The van der Waals surface area contributed by atoms with Crippen molar-refractivity contribution in [2.75, 3.05) is 19.0 Å². The van der Waals surface area contributed by atoms with Crippen LogP contribution in [0.3, 0.4) is 0 Å². The van der Waals surface area contributed by atoms with Crippen molar-refractivity contribution in [3.63, 3.8) is 0 Å². The Morgan fingerprint density at radius 1 is 1.38 bits per heavy atom. The Hall–Kier alpha value is -2.50. The van der Waals surface area contributed by atoms with E-state index in [2.05, 4.69) is 22.1 Å². The fraction of sp³-hybridized carbons (Fsp3) is 0.333. The number of nitrogens with one attached hydrogen (secondary N) is 1. The van der Waals surface area contributed by atoms with Gasteiger partial charge in [-0.2, -0.15) is 5.10 Å². The van der Waals surface area contributed by atoms with Gasteiger partial charge in [0.1, 0.15) is 5.75 Å². The molecule has 0 saturated heterocycles. The molecule has 1 aromatic heterocycles. The Labute approximate surface area is 123 Å². The maximum absolute atomic E-state index is 11.0. The average molecular weight is 289 g/mol. The molecule has 112 valence electrons. The van der Waals surface area contributed by atoms with Crippen molar-refractivity contribution >= 4 is 11.7 Å². The molecule has 0 aliphatic carbocycles. The van der Waals surface area contributed by atoms with Crippen molar-refractivity contribution in [3.05, 3.63) is 42.2 Å². The SMILES string of the molecule is COC(=O)COc1ccc(NC(C)c2cnn(C)c2)cc1. The number of carbonyl (C=O) groups excluding carboxylic acids is 1. The van der Waals surface area contributed by atoms with Gasteiger partial charge in [0.15, 0.2) is 6.61 Å². The molecule has 0 aliphatic heterocycles. The first kappa shape index (κ1) is 14.9. The number of hydrogen-bond acceptors (Lipinski definition) is 5. The standard InChI is InChI=1S/C15H19N3O3/c1-11(12-8-16-18(2)9-12)17-13-4-6-14(7-5-13)21-10-15(19)20-3/h4-9,11,17H,10H2,1-3H3. The third-order valence-electron chi connectivity index (χ3n) is 3.05. The van der Waals surface area contributed by atoms with Crippen LogP contribution in [-0.2, 0) is 16.6 Å². The lowest BCUT2D eigenvalue weighted by molar-refractivity contribution is -0.142. The van der Waals surface area contributed by atoms with Gasteiger partial charge in [0.05, 0.1) is 19.3 Å². The van der Waals surface area contributed by atoms with Crippen molar-refractivity contribution in [1.29, 1.82) is 0 Å². The molecule has 2 rings (SSSR count). The van der Waals surface area contributed by atoms with Crippen LogP contribution in [0.5, 0.6) is 5.75 Å². The van der Waals surface area contributed by atoms with Crippen LogP contribution in [0, 0.1) is 0 Å². The van der Waals surface area contributed by atoms with Gasteiger partial charge >= 0.3 is 5.97 Å². The molecular weight excluding hydrogens is 270 g/mol. The number of nitrogens with zero attached hydrogens (tertiary/aromatic N) is 2. The molecule has 0 spiro atoms. The Balaban J connectivity index is 1.91. The van der Waals surface area contributed by atoms with Gasteiger partial charge in [-0.05, 0) is 31.2 Å². The van der Waals surface area contributed by atoms with E-state index < -0.39 is 5.97 Å². The summed E-state index contributed by atoms with van der Waals surface area (Å²) >= 11 is 0. The third kappa shape index (κ3) is 4.24. The normalized spacial score (nSPS) is 11.8. The molecule has 0 aliphatic rings. The molecule has 0 bridgehead atoms. The second kappa shape index (κ2) is 6.78. The van der Waals surface area contributed by atoms with Crippen LogP contribution < -0.4 is 10.1 Å². The van der Waals surface area contributed by atoms with Crippen molar-refractivity contribution in [2.24, 2.45) is 7.05 Å². The molecule has 6 nitrogen and oxygen atoms in total. The summed E-state index contributed by atoms with van der Waals surface area (Å²) in [5.74, 6) is 0.224. The summed E-state index contributed by atoms with van der Waals surface area (Å²) < 4.78 is 11.6. The van der Waals surface area contributed by atoms with Crippen molar-refractivity contribution in [2.45, 2.75) is 13.0 Å². The highest BCUT2D eigenvalue weighted by Gasteiger charge is 2.07. The largest absolute Gasteiger partial charge is 0.482 e. The molecule has 0 amide bonds. The van der Waals surface area contributed by atoms with Gasteiger partial charge in [0.25, 0.3) is 0 Å². The van der Waals surface area contributed by atoms with Gasteiger partial charge in [-0.1, -0.05) is 0 Å². The molecule has 1 N–H and O–H groups in total. The molecule has 21 heavy (non-hydrogen) atoms. The first-order chi connectivity index (χ1) is 10.1. The quantitative estimate of drug-likeness (QED) is 0.825. The summed E-state index contributed by atoms with van der Waals surface area (Å²) in [5, 5.41) is 7.53. The summed E-state index contributed by atoms with van der Waals surface area (Å²) in [6.45, 7) is 1.98. The first-order valence-corrected chi connectivity index (χ1v) is 6.63. The molecule has 0 radical (unpaired) electrons. The molecule has 1 atom stereocenters. The number of rotatable bonds is 6. The zero-order chi connectivity index (χ0) is 15.2. The Kier molecular flexibility index (Phi) is 4.81. The predicted molar refractivity (Wildman–Crippen MR) is 79.2 cm³/mol. The van der Waals surface area contributed by atoms with Gasteiger partial charge in [-0.15, -0.1) is 0 Å². The smallest absolute Gasteiger partial charge is 0.343 e. The second-order valence-electron chi connectivity index (χ2n) is 4.70. The number of aryl methyl sites for hydroxylation is 1. The third-order valence-corrected chi connectivity index (χ3v) is 3.05. The number of benzene rings is 1. The van der Waals surface area contributed by atoms with Crippen LogP contribution in [0.15, 0.2) is 36.7 Å². The summed E-state index contributed by atoms with van der Waals surface area (Å²) in [5.41, 5.74) is 2.08. The molecule has 1 unspecified atom stereocenters. The lowest BCUT2D eigenvalue weighted by atomic mass is 10.2. The van der Waals surface area contributed by atoms with Gasteiger partial charge < -0.3 is 14.8 Å². The summed E-state index contributed by atoms with van der Waals surface area (Å²) in [4.78, 5) is 11.0. The number of hydrogen-bond donors (Lipinski definition) is 1. The zero-order valence-corrected chi connectivity index (χ0v) is 12.4. The summed E-state index contributed by atoms with van der Waals surface area (Å²) in [6, 6.07) is 7.57. The Morgan fingerprint density at radius 3 is 2.67 bits per heavy atom. The number of carbonyl (C=O) groups is 1. The Bertz CT molecular complexity index is 592. The lowest BCUT2D eigenvalue weighted by Gasteiger charge is -2.14. The molecule has 0 fully saturated rings. The van der Waals surface area contributed by atoms with Gasteiger partial charge in [-0.3, -0.25) is 4.68 Å². The number of aromatic nitrogens is 2. The number of ether oxygens (including phenoxy) is 2. The fourth-order valence-electron chi connectivity index (χ4n) is 1.85. The number of anilines is 1. The zero-order valence-electron chi connectivity index (χ0n) is 12.4. The molecule has 1 aromatic carbocycles. The molecule has 0 saturated carbocycles. The van der Waals surface area contributed by atoms with Crippen LogP contribution in [-0.4, -0.2) is 29.5 Å². The summed E-state index contributed by atoms with van der Waals surface area (Å²) in [6.07, 6.45) is 3.82. The monoisotopic (exact) mass is 289 g/mol. The van der Waals surface area contributed by atoms with E-state index in [4.69, 9.17) is 4.74 Å². The first-order valence-electron chi connectivity index (χ1n) is 6.63. The highest BCUT2D eigenvalue weighted by Crippen LogP contribution is 2.21. The molecular formula is C15H19N3O3. The molecule has 1 heterocycles. The van der Waals surface area contributed by atoms with Gasteiger partial charge in [0.2, 0.25) is 0 Å². The Morgan fingerprint density at radius 2 is 2.10 bits per heavy atom. The van der Waals surface area contributed by atoms with E-state index in [9.17, 15) is 4.79 Å². The van der Waals surface area contributed by atoms with E-state index in [1.54, 1.807) is 16.8 Å². The van der Waals surface area contributed by atoms with Crippen molar-refractivity contribution < 1.29 is 14.3 Å². The lowest BCUT2D eigenvalue weighted by Crippen LogP contribution is -2.12. The maximum Gasteiger partial charge on any atom is 0.343 e. The van der Waals surface area contributed by atoms with Crippen LogP contribution in [0.2, 0.25) is 0 Å². The fourth-order valence-corrected chi connectivity index (χ4v) is 1.85. The number of methoxy groups -OCH3 is 1. The minimum Gasteiger partial charge on any atom is -0.482 e.